The number of aromatic nitrogens is 2. The molecule has 1 N–H and O–H groups in total. The number of H-pyrrole nitrogens is 1. The van der Waals surface area contributed by atoms with Crippen LogP contribution in [0.4, 0.5) is 0 Å². The molecule has 2 rings (SSSR count). The fraction of sp³-hybridized carbons (Fsp3) is 0.438. The highest BCUT2D eigenvalue weighted by Gasteiger charge is 2.14. The van der Waals surface area contributed by atoms with E-state index in [2.05, 4.69) is 18.9 Å². The van der Waals surface area contributed by atoms with Crippen molar-refractivity contribution in [1.29, 1.82) is 0 Å². The van der Waals surface area contributed by atoms with Gasteiger partial charge in [-0.15, -0.1) is 0 Å². The average Bonchev–Trinajstić information content (AvgIpc) is 2.66. The van der Waals surface area contributed by atoms with Gasteiger partial charge in [-0.25, -0.2) is 4.68 Å². The van der Waals surface area contributed by atoms with E-state index in [0.29, 0.717) is 5.92 Å². The number of aryl methyl sites for hydroxylation is 1. The molecule has 1 heterocycles. The van der Waals surface area contributed by atoms with E-state index in [1.807, 2.05) is 38.1 Å². The first-order valence-electron chi connectivity index (χ1n) is 6.92. The lowest BCUT2D eigenvalue weighted by molar-refractivity contribution is 0.625. The maximum Gasteiger partial charge on any atom is 0.274 e. The first kappa shape index (κ1) is 13.7. The van der Waals surface area contributed by atoms with E-state index in [4.69, 9.17) is 0 Å². The molecule has 0 saturated heterocycles. The third kappa shape index (κ3) is 2.80. The summed E-state index contributed by atoms with van der Waals surface area (Å²) in [5.41, 5.74) is 4.17. The smallest absolute Gasteiger partial charge is 0.274 e. The lowest BCUT2D eigenvalue weighted by Crippen LogP contribution is -2.16. The summed E-state index contributed by atoms with van der Waals surface area (Å²) in [6, 6.07) is 8.00. The molecule has 102 valence electrons. The van der Waals surface area contributed by atoms with Crippen molar-refractivity contribution < 1.29 is 0 Å². The van der Waals surface area contributed by atoms with Gasteiger partial charge >= 0.3 is 0 Å². The van der Waals surface area contributed by atoms with E-state index in [1.54, 1.807) is 4.68 Å². The minimum Gasteiger partial charge on any atom is -0.295 e. The SMILES string of the molecule is CCc1c(CC(C)C)[nH]n(-c2ccc(C)cc2)c1=O. The minimum atomic E-state index is 0.0852. The van der Waals surface area contributed by atoms with E-state index in [1.165, 1.54) is 5.56 Å². The van der Waals surface area contributed by atoms with Gasteiger partial charge in [-0.1, -0.05) is 38.5 Å². The highest BCUT2D eigenvalue weighted by Crippen LogP contribution is 2.13. The van der Waals surface area contributed by atoms with Gasteiger partial charge in [0.05, 0.1) is 5.69 Å². The van der Waals surface area contributed by atoms with Gasteiger partial charge in [0, 0.05) is 11.3 Å². The Hall–Kier alpha value is -1.77. The Morgan fingerprint density at radius 1 is 1.21 bits per heavy atom. The van der Waals surface area contributed by atoms with Gasteiger partial charge in [-0.2, -0.15) is 0 Å². The Balaban J connectivity index is 2.49. The molecule has 1 aromatic carbocycles. The minimum absolute atomic E-state index is 0.0852. The zero-order chi connectivity index (χ0) is 14.0. The number of hydrogen-bond acceptors (Lipinski definition) is 1. The molecule has 0 spiro atoms. The molecule has 0 bridgehead atoms. The summed E-state index contributed by atoms with van der Waals surface area (Å²) < 4.78 is 1.66. The second-order valence-corrected chi connectivity index (χ2v) is 5.50. The largest absolute Gasteiger partial charge is 0.295 e. The lowest BCUT2D eigenvalue weighted by Gasteiger charge is -2.04. The van der Waals surface area contributed by atoms with Crippen LogP contribution in [-0.2, 0) is 12.8 Å². The Morgan fingerprint density at radius 3 is 2.37 bits per heavy atom. The second-order valence-electron chi connectivity index (χ2n) is 5.50. The van der Waals surface area contributed by atoms with Crippen molar-refractivity contribution in [1.82, 2.24) is 9.78 Å². The number of benzene rings is 1. The fourth-order valence-corrected chi connectivity index (χ4v) is 2.33. The molecule has 3 nitrogen and oxygen atoms in total. The fourth-order valence-electron chi connectivity index (χ4n) is 2.33. The predicted octanol–water partition coefficient (Wildman–Crippen LogP) is 3.23. The molecular formula is C16H22N2O. The van der Waals surface area contributed by atoms with Gasteiger partial charge in [-0.05, 0) is 37.8 Å². The molecule has 2 aromatic rings. The maximum absolute atomic E-state index is 12.4. The Labute approximate surface area is 114 Å². The molecule has 0 fully saturated rings. The lowest BCUT2D eigenvalue weighted by atomic mass is 10.0. The maximum atomic E-state index is 12.4. The van der Waals surface area contributed by atoms with Gasteiger partial charge < -0.3 is 0 Å². The van der Waals surface area contributed by atoms with Crippen LogP contribution < -0.4 is 5.56 Å². The van der Waals surface area contributed by atoms with Crippen LogP contribution in [0.15, 0.2) is 29.1 Å². The highest BCUT2D eigenvalue weighted by atomic mass is 16.1. The molecule has 1 aromatic heterocycles. The van der Waals surface area contributed by atoms with Gasteiger partial charge in [0.25, 0.3) is 5.56 Å². The van der Waals surface area contributed by atoms with E-state index >= 15 is 0 Å². The predicted molar refractivity (Wildman–Crippen MR) is 79.0 cm³/mol. The number of nitrogens with zero attached hydrogens (tertiary/aromatic N) is 1. The van der Waals surface area contributed by atoms with Crippen LogP contribution in [0.3, 0.4) is 0 Å². The van der Waals surface area contributed by atoms with Crippen molar-refractivity contribution in [2.75, 3.05) is 0 Å². The molecule has 0 aliphatic carbocycles. The summed E-state index contributed by atoms with van der Waals surface area (Å²) in [6.07, 6.45) is 1.69. The van der Waals surface area contributed by atoms with Crippen LogP contribution in [0.2, 0.25) is 0 Å². The molecule has 0 radical (unpaired) electrons. The van der Waals surface area contributed by atoms with Crippen molar-refractivity contribution in [3.63, 3.8) is 0 Å². The van der Waals surface area contributed by atoms with Gasteiger partial charge in [-0.3, -0.25) is 9.89 Å². The average molecular weight is 258 g/mol. The monoisotopic (exact) mass is 258 g/mol. The molecule has 0 amide bonds. The normalized spacial score (nSPS) is 11.2. The van der Waals surface area contributed by atoms with Crippen LogP contribution in [0.1, 0.15) is 37.6 Å². The van der Waals surface area contributed by atoms with Crippen molar-refractivity contribution >= 4 is 0 Å². The first-order chi connectivity index (χ1) is 9.02. The van der Waals surface area contributed by atoms with Gasteiger partial charge in [0.1, 0.15) is 0 Å². The molecule has 0 atom stereocenters. The highest BCUT2D eigenvalue weighted by molar-refractivity contribution is 5.35. The molecular weight excluding hydrogens is 236 g/mol. The van der Waals surface area contributed by atoms with Crippen molar-refractivity contribution in [2.45, 2.75) is 40.5 Å². The number of aromatic amines is 1. The van der Waals surface area contributed by atoms with E-state index < -0.39 is 0 Å². The standard InChI is InChI=1S/C16H22N2O/c1-5-14-15(10-11(2)3)17-18(16(14)19)13-8-6-12(4)7-9-13/h6-9,11,17H,5,10H2,1-4H3. The van der Waals surface area contributed by atoms with Crippen LogP contribution in [-0.4, -0.2) is 9.78 Å². The number of hydrogen-bond donors (Lipinski definition) is 1. The van der Waals surface area contributed by atoms with E-state index in [0.717, 1.165) is 29.8 Å². The third-order valence-electron chi connectivity index (χ3n) is 3.33. The second kappa shape index (κ2) is 5.47. The molecule has 19 heavy (non-hydrogen) atoms. The Kier molecular flexibility index (Phi) is 3.93. The molecule has 3 heteroatoms. The van der Waals surface area contributed by atoms with E-state index in [9.17, 15) is 4.79 Å². The van der Waals surface area contributed by atoms with Crippen LogP contribution >= 0.6 is 0 Å². The van der Waals surface area contributed by atoms with Gasteiger partial charge in [0.2, 0.25) is 0 Å². The number of rotatable bonds is 4. The van der Waals surface area contributed by atoms with Crippen LogP contribution in [0.25, 0.3) is 5.69 Å². The summed E-state index contributed by atoms with van der Waals surface area (Å²) in [5, 5.41) is 3.27. The summed E-state index contributed by atoms with van der Waals surface area (Å²) in [6.45, 7) is 8.42. The summed E-state index contributed by atoms with van der Waals surface area (Å²) in [5.74, 6) is 0.537. The Bertz CT molecular complexity index is 603. The zero-order valence-corrected chi connectivity index (χ0v) is 12.2. The van der Waals surface area contributed by atoms with Crippen molar-refractivity contribution in [2.24, 2.45) is 5.92 Å². The summed E-state index contributed by atoms with van der Waals surface area (Å²) in [7, 11) is 0. The van der Waals surface area contributed by atoms with Crippen molar-refractivity contribution in [3.8, 4) is 5.69 Å². The van der Waals surface area contributed by atoms with Gasteiger partial charge in [0.15, 0.2) is 0 Å². The molecule has 0 unspecified atom stereocenters. The third-order valence-corrected chi connectivity index (χ3v) is 3.33. The summed E-state index contributed by atoms with van der Waals surface area (Å²) in [4.78, 5) is 12.4. The molecule has 0 aliphatic heterocycles. The topological polar surface area (TPSA) is 37.8 Å². The van der Waals surface area contributed by atoms with Crippen molar-refractivity contribution in [3.05, 3.63) is 51.4 Å². The number of nitrogens with one attached hydrogen (secondary N) is 1. The Morgan fingerprint density at radius 2 is 1.84 bits per heavy atom. The zero-order valence-electron chi connectivity index (χ0n) is 12.2. The summed E-state index contributed by atoms with van der Waals surface area (Å²) >= 11 is 0. The van der Waals surface area contributed by atoms with E-state index in [-0.39, 0.29) is 5.56 Å². The molecule has 0 aliphatic rings. The van der Waals surface area contributed by atoms with Crippen LogP contribution in [0.5, 0.6) is 0 Å². The molecule has 0 saturated carbocycles. The first-order valence-corrected chi connectivity index (χ1v) is 6.92. The quantitative estimate of drug-likeness (QED) is 0.898. The van der Waals surface area contributed by atoms with Crippen LogP contribution in [0, 0.1) is 12.8 Å².